The van der Waals surface area contributed by atoms with Crippen LogP contribution in [0.4, 0.5) is 0 Å². The molecule has 5 nitrogen and oxygen atoms in total. The second-order valence-corrected chi connectivity index (χ2v) is 10.2. The number of likely N-dealkylation sites (tertiary alicyclic amines) is 1. The molecule has 31 heavy (non-hydrogen) atoms. The summed E-state index contributed by atoms with van der Waals surface area (Å²) in [5.74, 6) is 2.15. The van der Waals surface area contributed by atoms with E-state index in [1.54, 1.807) is 0 Å². The van der Waals surface area contributed by atoms with E-state index in [-0.39, 0.29) is 30.1 Å². The van der Waals surface area contributed by atoms with Crippen molar-refractivity contribution < 1.29 is 5.11 Å². The maximum Gasteiger partial charge on any atom is 0.191 e. The van der Waals surface area contributed by atoms with Crippen molar-refractivity contribution in [1.29, 1.82) is 0 Å². The predicted octanol–water partition coefficient (Wildman–Crippen LogP) is 4.38. The molecular formula is C24H41IN4OS. The Hall–Kier alpha value is -0.510. The zero-order valence-electron chi connectivity index (χ0n) is 19.2. The molecule has 0 aromatic heterocycles. The van der Waals surface area contributed by atoms with Gasteiger partial charge in [-0.05, 0) is 55.9 Å². The molecule has 1 aromatic carbocycles. The quantitative estimate of drug-likeness (QED) is 0.250. The number of halogens is 1. The number of hydrogen-bond donors (Lipinski definition) is 3. The highest BCUT2D eigenvalue weighted by Gasteiger charge is 2.22. The first-order valence-electron chi connectivity index (χ1n) is 11.8. The van der Waals surface area contributed by atoms with Gasteiger partial charge in [0.1, 0.15) is 0 Å². The number of aliphatic imine (C=N–C) groups is 1. The van der Waals surface area contributed by atoms with E-state index in [1.165, 1.54) is 42.6 Å². The monoisotopic (exact) mass is 560 g/mol. The third kappa shape index (κ3) is 9.48. The molecule has 1 saturated carbocycles. The van der Waals surface area contributed by atoms with Crippen LogP contribution < -0.4 is 10.6 Å². The van der Waals surface area contributed by atoms with E-state index in [0.29, 0.717) is 12.6 Å². The number of rotatable bonds is 8. The topological polar surface area (TPSA) is 59.9 Å². The minimum absolute atomic E-state index is 0. The fraction of sp³-hybridized carbons (Fsp3) is 0.708. The zero-order valence-corrected chi connectivity index (χ0v) is 22.3. The van der Waals surface area contributed by atoms with Crippen molar-refractivity contribution in [2.24, 2.45) is 4.99 Å². The minimum Gasteiger partial charge on any atom is -0.393 e. The molecule has 1 aromatic rings. The lowest BCUT2D eigenvalue weighted by Gasteiger charge is -2.30. The van der Waals surface area contributed by atoms with E-state index in [1.807, 2.05) is 0 Å². The van der Waals surface area contributed by atoms with Crippen molar-refractivity contribution in [3.63, 3.8) is 0 Å². The fourth-order valence-electron chi connectivity index (χ4n) is 4.43. The zero-order chi connectivity index (χ0) is 21.2. The number of piperidine rings is 1. The molecule has 1 saturated heterocycles. The molecule has 0 bridgehead atoms. The predicted molar refractivity (Wildman–Crippen MR) is 145 cm³/mol. The standard InChI is InChI=1S/C24H40N4OS.HI/c1-3-25-24(27-21-6-5-7-23(16-21)30-4-2)26-17-19-8-10-20(11-9-19)18-28-14-12-22(29)13-15-28;/h8-11,21-23,29H,3-7,12-18H2,1-2H3,(H2,25,26,27);1H. The summed E-state index contributed by atoms with van der Waals surface area (Å²) in [6, 6.07) is 9.39. The summed E-state index contributed by atoms with van der Waals surface area (Å²) in [5, 5.41) is 17.6. The molecule has 1 aliphatic heterocycles. The van der Waals surface area contributed by atoms with Crippen molar-refractivity contribution in [2.45, 2.75) is 82.9 Å². The van der Waals surface area contributed by atoms with Crippen LogP contribution in [0.25, 0.3) is 0 Å². The van der Waals surface area contributed by atoms with Gasteiger partial charge < -0.3 is 15.7 Å². The highest BCUT2D eigenvalue weighted by atomic mass is 127. The van der Waals surface area contributed by atoms with Gasteiger partial charge in [-0.15, -0.1) is 24.0 Å². The second-order valence-electron chi connectivity index (χ2n) is 8.60. The highest BCUT2D eigenvalue weighted by Crippen LogP contribution is 2.28. The lowest BCUT2D eigenvalue weighted by molar-refractivity contribution is 0.0792. The number of thioether (sulfide) groups is 1. The Labute approximate surface area is 210 Å². The molecule has 176 valence electrons. The fourth-order valence-corrected chi connectivity index (χ4v) is 5.61. The second kappa shape index (κ2) is 14.6. The van der Waals surface area contributed by atoms with Gasteiger partial charge >= 0.3 is 0 Å². The summed E-state index contributed by atoms with van der Waals surface area (Å²) >= 11 is 2.10. The van der Waals surface area contributed by atoms with E-state index in [9.17, 15) is 5.11 Å². The van der Waals surface area contributed by atoms with Gasteiger partial charge in [0.2, 0.25) is 0 Å². The van der Waals surface area contributed by atoms with E-state index in [2.05, 4.69) is 65.4 Å². The van der Waals surface area contributed by atoms with Crippen molar-refractivity contribution >= 4 is 41.7 Å². The number of benzene rings is 1. The third-order valence-corrected chi connectivity index (χ3v) is 7.35. The molecular weight excluding hydrogens is 519 g/mol. The Morgan fingerprint density at radius 2 is 1.81 bits per heavy atom. The first-order valence-corrected chi connectivity index (χ1v) is 12.9. The molecule has 2 unspecified atom stereocenters. The highest BCUT2D eigenvalue weighted by molar-refractivity contribution is 14.0. The summed E-state index contributed by atoms with van der Waals surface area (Å²) in [5.41, 5.74) is 2.58. The Balaban J connectivity index is 0.00000341. The Morgan fingerprint density at radius 3 is 2.48 bits per heavy atom. The largest absolute Gasteiger partial charge is 0.393 e. The van der Waals surface area contributed by atoms with Gasteiger partial charge in [-0.3, -0.25) is 4.90 Å². The van der Waals surface area contributed by atoms with E-state index >= 15 is 0 Å². The lowest BCUT2D eigenvalue weighted by Crippen LogP contribution is -2.45. The Bertz CT molecular complexity index is 647. The first-order chi connectivity index (χ1) is 14.7. The molecule has 3 rings (SSSR count). The average Bonchev–Trinajstić information content (AvgIpc) is 2.75. The van der Waals surface area contributed by atoms with Crippen molar-refractivity contribution in [3.05, 3.63) is 35.4 Å². The molecule has 2 atom stereocenters. The van der Waals surface area contributed by atoms with E-state index in [4.69, 9.17) is 4.99 Å². The van der Waals surface area contributed by atoms with Crippen LogP contribution in [0.2, 0.25) is 0 Å². The molecule has 1 heterocycles. The van der Waals surface area contributed by atoms with Gasteiger partial charge in [0.15, 0.2) is 5.96 Å². The first kappa shape index (κ1) is 26.7. The Morgan fingerprint density at radius 1 is 1.10 bits per heavy atom. The van der Waals surface area contributed by atoms with Gasteiger partial charge in [0, 0.05) is 37.5 Å². The number of nitrogens with one attached hydrogen (secondary N) is 2. The number of hydrogen-bond acceptors (Lipinski definition) is 4. The summed E-state index contributed by atoms with van der Waals surface area (Å²) in [7, 11) is 0. The van der Waals surface area contributed by atoms with Crippen LogP contribution in [-0.2, 0) is 13.1 Å². The summed E-state index contributed by atoms with van der Waals surface area (Å²) in [6.45, 7) is 8.92. The lowest BCUT2D eigenvalue weighted by atomic mass is 9.95. The van der Waals surface area contributed by atoms with Gasteiger partial charge in [-0.1, -0.05) is 37.6 Å². The maximum absolute atomic E-state index is 9.66. The van der Waals surface area contributed by atoms with Crippen molar-refractivity contribution in [1.82, 2.24) is 15.5 Å². The van der Waals surface area contributed by atoms with Gasteiger partial charge in [-0.25, -0.2) is 4.99 Å². The number of nitrogens with zero attached hydrogens (tertiary/aromatic N) is 2. The maximum atomic E-state index is 9.66. The number of aliphatic hydroxyl groups excluding tert-OH is 1. The van der Waals surface area contributed by atoms with Crippen LogP contribution in [-0.4, -0.2) is 58.7 Å². The van der Waals surface area contributed by atoms with Crippen LogP contribution in [0.15, 0.2) is 29.3 Å². The normalized spacial score (nSPS) is 23.3. The molecule has 7 heteroatoms. The van der Waals surface area contributed by atoms with Crippen LogP contribution in [0, 0.1) is 0 Å². The van der Waals surface area contributed by atoms with Gasteiger partial charge in [0.25, 0.3) is 0 Å². The van der Waals surface area contributed by atoms with Crippen LogP contribution >= 0.6 is 35.7 Å². The molecule has 0 amide bonds. The third-order valence-electron chi connectivity index (χ3n) is 6.12. The van der Waals surface area contributed by atoms with Crippen molar-refractivity contribution in [3.8, 4) is 0 Å². The van der Waals surface area contributed by atoms with E-state index < -0.39 is 0 Å². The molecule has 3 N–H and O–H groups in total. The SMILES string of the molecule is CCNC(=NCc1ccc(CN2CCC(O)CC2)cc1)NC1CCCC(SCC)C1.I. The van der Waals surface area contributed by atoms with Crippen LogP contribution in [0.3, 0.4) is 0 Å². The molecule has 2 aliphatic rings. The molecule has 2 fully saturated rings. The summed E-state index contributed by atoms with van der Waals surface area (Å²) in [6.07, 6.45) is 6.84. The molecule has 0 spiro atoms. The molecule has 1 aliphatic carbocycles. The Kier molecular flexibility index (Phi) is 12.6. The smallest absolute Gasteiger partial charge is 0.191 e. The van der Waals surface area contributed by atoms with E-state index in [0.717, 1.165) is 50.2 Å². The van der Waals surface area contributed by atoms with Crippen molar-refractivity contribution in [2.75, 3.05) is 25.4 Å². The molecule has 0 radical (unpaired) electrons. The summed E-state index contributed by atoms with van der Waals surface area (Å²) < 4.78 is 0. The van der Waals surface area contributed by atoms with Crippen LogP contribution in [0.1, 0.15) is 63.5 Å². The minimum atomic E-state index is -0.106. The summed E-state index contributed by atoms with van der Waals surface area (Å²) in [4.78, 5) is 7.28. The van der Waals surface area contributed by atoms with Gasteiger partial charge in [0.05, 0.1) is 12.6 Å². The average molecular weight is 561 g/mol. The van der Waals surface area contributed by atoms with Gasteiger partial charge in [-0.2, -0.15) is 11.8 Å². The van der Waals surface area contributed by atoms with Crippen LogP contribution in [0.5, 0.6) is 0 Å². The number of guanidine groups is 1. The number of aliphatic hydroxyl groups is 1.